The minimum absolute atomic E-state index is 0.254. The van der Waals surface area contributed by atoms with Gasteiger partial charge in [0.05, 0.1) is 12.3 Å². The second-order valence-electron chi connectivity index (χ2n) is 11.6. The summed E-state index contributed by atoms with van der Waals surface area (Å²) in [7, 11) is 3.77. The van der Waals surface area contributed by atoms with Crippen LogP contribution in [0.4, 0.5) is 0 Å². The van der Waals surface area contributed by atoms with Crippen LogP contribution in [-0.4, -0.2) is 49.8 Å². The number of benzene rings is 3. The average molecular weight is 660 g/mol. The van der Waals surface area contributed by atoms with Gasteiger partial charge in [-0.3, -0.25) is 4.68 Å². The molecule has 0 amide bonds. The lowest BCUT2D eigenvalue weighted by Gasteiger charge is -2.14. The summed E-state index contributed by atoms with van der Waals surface area (Å²) in [6.45, 7) is 6.80. The fraction of sp³-hybridized carbons (Fsp3) is 0.333. The topological polar surface area (TPSA) is 98.5 Å². The van der Waals surface area contributed by atoms with Crippen LogP contribution in [0.1, 0.15) is 58.8 Å². The van der Waals surface area contributed by atoms with E-state index in [-0.39, 0.29) is 5.69 Å². The number of hydrazine groups is 1. The number of ether oxygens (including phenoxy) is 1. The highest BCUT2D eigenvalue weighted by Gasteiger charge is 2.22. The molecule has 5 aromatic rings. The summed E-state index contributed by atoms with van der Waals surface area (Å²) >= 11 is 8.50. The van der Waals surface area contributed by atoms with Gasteiger partial charge < -0.3 is 19.4 Å². The molecule has 5 rings (SSSR count). The molecule has 2 aromatic heterocycles. The first kappa shape index (κ1) is 33.4. The van der Waals surface area contributed by atoms with Crippen LogP contribution in [0.2, 0.25) is 5.02 Å². The standard InChI is InChI=1S/C36H42ClN5O3S/c1-6-46-22-27-21-28(41(5)39-27)13-12-25-19-26-10-7-8-11-29(26)33(20-25)45-17-9-16-42-32-15-14-31(37)30(18-23(2)40(4)38)34(32)24(3)35(42)36(43)44/h7-8,10-11,14-15,18-21H,6,9,12-13,16-17,22,38H2,1-5H3,(H,43,44)/b23-18+. The zero-order valence-electron chi connectivity index (χ0n) is 27.1. The second kappa shape index (κ2) is 14.7. The van der Waals surface area contributed by atoms with Gasteiger partial charge in [0.2, 0.25) is 0 Å². The molecule has 0 unspecified atom stereocenters. The summed E-state index contributed by atoms with van der Waals surface area (Å²) in [5.74, 6) is 7.82. The molecule has 2 heterocycles. The van der Waals surface area contributed by atoms with Crippen LogP contribution in [0.3, 0.4) is 0 Å². The van der Waals surface area contributed by atoms with Crippen molar-refractivity contribution in [1.29, 1.82) is 0 Å². The van der Waals surface area contributed by atoms with Gasteiger partial charge in [-0.25, -0.2) is 10.6 Å². The average Bonchev–Trinajstić information content (AvgIpc) is 3.53. The molecule has 242 valence electrons. The number of carboxylic acid groups (broad SMARTS) is 1. The van der Waals surface area contributed by atoms with Crippen LogP contribution in [0.15, 0.2) is 60.3 Å². The lowest BCUT2D eigenvalue weighted by molar-refractivity contribution is 0.0684. The Kier molecular flexibility index (Phi) is 10.7. The molecular weight excluding hydrogens is 618 g/mol. The van der Waals surface area contributed by atoms with E-state index in [1.54, 1.807) is 7.05 Å². The predicted octanol–water partition coefficient (Wildman–Crippen LogP) is 7.86. The van der Waals surface area contributed by atoms with Crippen LogP contribution < -0.4 is 10.6 Å². The fourth-order valence-corrected chi connectivity index (χ4v) is 6.73. The lowest BCUT2D eigenvalue weighted by atomic mass is 10.0. The lowest BCUT2D eigenvalue weighted by Crippen LogP contribution is -2.23. The van der Waals surface area contributed by atoms with Gasteiger partial charge in [0, 0.05) is 64.7 Å². The molecule has 0 radical (unpaired) electrons. The van der Waals surface area contributed by atoms with Crippen molar-refractivity contribution in [3.63, 3.8) is 0 Å². The molecule has 0 spiro atoms. The molecule has 3 aromatic carbocycles. The summed E-state index contributed by atoms with van der Waals surface area (Å²) in [5, 5.41) is 20.0. The number of aromatic nitrogens is 3. The highest BCUT2D eigenvalue weighted by Crippen LogP contribution is 2.35. The van der Waals surface area contributed by atoms with Gasteiger partial charge in [-0.05, 0) is 85.7 Å². The summed E-state index contributed by atoms with van der Waals surface area (Å²) < 4.78 is 10.3. The van der Waals surface area contributed by atoms with E-state index in [1.165, 1.54) is 16.3 Å². The van der Waals surface area contributed by atoms with Crippen molar-refractivity contribution < 1.29 is 14.6 Å². The van der Waals surface area contributed by atoms with Crippen molar-refractivity contribution in [2.24, 2.45) is 12.9 Å². The second-order valence-corrected chi connectivity index (χ2v) is 13.3. The van der Waals surface area contributed by atoms with Crippen LogP contribution in [0, 0.1) is 6.92 Å². The third-order valence-electron chi connectivity index (χ3n) is 8.39. The van der Waals surface area contributed by atoms with Crippen LogP contribution >= 0.6 is 23.4 Å². The number of allylic oxidation sites excluding steroid dienone is 1. The molecule has 0 fully saturated rings. The van der Waals surface area contributed by atoms with Gasteiger partial charge in [-0.15, -0.1) is 0 Å². The van der Waals surface area contributed by atoms with E-state index in [9.17, 15) is 9.90 Å². The van der Waals surface area contributed by atoms with Crippen molar-refractivity contribution >= 4 is 57.1 Å². The van der Waals surface area contributed by atoms with E-state index in [4.69, 9.17) is 22.2 Å². The van der Waals surface area contributed by atoms with E-state index in [2.05, 4.69) is 42.4 Å². The van der Waals surface area contributed by atoms with Gasteiger partial charge in [0.25, 0.3) is 0 Å². The summed E-state index contributed by atoms with van der Waals surface area (Å²) in [6.07, 6.45) is 4.27. The number of aryl methyl sites for hydroxylation is 5. The van der Waals surface area contributed by atoms with E-state index in [0.29, 0.717) is 30.2 Å². The maximum absolute atomic E-state index is 12.5. The Morgan fingerprint density at radius 1 is 1.17 bits per heavy atom. The molecular formula is C36H42ClN5O3S. The molecule has 0 bridgehead atoms. The van der Waals surface area contributed by atoms with Crippen LogP contribution in [0.5, 0.6) is 5.75 Å². The molecule has 0 saturated heterocycles. The number of halogens is 1. The zero-order chi connectivity index (χ0) is 33.0. The van der Waals surface area contributed by atoms with E-state index in [1.807, 2.05) is 72.2 Å². The summed E-state index contributed by atoms with van der Waals surface area (Å²) in [4.78, 5) is 12.5. The SMILES string of the molecule is CCSCc1cc(CCc2cc(OCCCn3c(C(=O)O)c(C)c4c(/C=C(\C)N(C)N)c(Cl)ccc43)c3ccccc3c2)n(C)n1. The minimum Gasteiger partial charge on any atom is -0.493 e. The normalized spacial score (nSPS) is 11.9. The third kappa shape index (κ3) is 7.22. The van der Waals surface area contributed by atoms with E-state index >= 15 is 0 Å². The molecule has 3 N–H and O–H groups in total. The Bertz CT molecular complexity index is 1910. The van der Waals surface area contributed by atoms with Gasteiger partial charge in [-0.2, -0.15) is 16.9 Å². The molecule has 0 atom stereocenters. The number of nitrogens with zero attached hydrogens (tertiary/aromatic N) is 4. The molecule has 0 aliphatic heterocycles. The molecule has 0 aliphatic carbocycles. The number of nitrogens with two attached hydrogens (primary N) is 1. The van der Waals surface area contributed by atoms with Crippen LogP contribution in [-0.2, 0) is 32.2 Å². The number of hydrogen-bond acceptors (Lipinski definition) is 6. The smallest absolute Gasteiger partial charge is 0.352 e. The number of carbonyl (C=O) groups is 1. The Morgan fingerprint density at radius 2 is 1.96 bits per heavy atom. The first-order valence-corrected chi connectivity index (χ1v) is 17.1. The summed E-state index contributed by atoms with van der Waals surface area (Å²) in [5.41, 5.74) is 6.85. The Balaban J connectivity index is 1.35. The molecule has 10 heteroatoms. The van der Waals surface area contributed by atoms with E-state index < -0.39 is 5.97 Å². The highest BCUT2D eigenvalue weighted by atomic mass is 35.5. The van der Waals surface area contributed by atoms with Gasteiger partial charge >= 0.3 is 5.97 Å². The highest BCUT2D eigenvalue weighted by molar-refractivity contribution is 7.98. The monoisotopic (exact) mass is 659 g/mol. The Morgan fingerprint density at radius 3 is 2.70 bits per heavy atom. The molecule has 46 heavy (non-hydrogen) atoms. The fourth-order valence-electron chi connectivity index (χ4n) is 5.96. The van der Waals surface area contributed by atoms with E-state index in [0.717, 1.165) is 68.7 Å². The molecule has 0 saturated carbocycles. The van der Waals surface area contributed by atoms with Gasteiger partial charge in [-0.1, -0.05) is 48.9 Å². The Hall–Kier alpha value is -3.92. The zero-order valence-corrected chi connectivity index (χ0v) is 28.7. The minimum atomic E-state index is -0.975. The quantitative estimate of drug-likeness (QED) is 0.0711. The number of hydrogen-bond donors (Lipinski definition) is 2. The van der Waals surface area contributed by atoms with Gasteiger partial charge in [0.15, 0.2) is 0 Å². The van der Waals surface area contributed by atoms with Crippen molar-refractivity contribution in [3.05, 3.63) is 99.1 Å². The molecule has 8 nitrogen and oxygen atoms in total. The number of carboxylic acids is 1. The summed E-state index contributed by atoms with van der Waals surface area (Å²) in [6, 6.07) is 18.6. The van der Waals surface area contributed by atoms with Gasteiger partial charge in [0.1, 0.15) is 11.4 Å². The first-order chi connectivity index (χ1) is 22.1. The predicted molar refractivity (Wildman–Crippen MR) is 191 cm³/mol. The first-order valence-electron chi connectivity index (χ1n) is 15.5. The number of aromatic carboxylic acids is 1. The number of rotatable bonds is 14. The number of thioether (sulfide) groups is 1. The molecule has 0 aliphatic rings. The van der Waals surface area contributed by atoms with Crippen LogP contribution in [0.25, 0.3) is 27.8 Å². The largest absolute Gasteiger partial charge is 0.493 e. The van der Waals surface area contributed by atoms with Crippen molar-refractivity contribution in [1.82, 2.24) is 19.4 Å². The Labute approximate surface area is 279 Å². The third-order valence-corrected chi connectivity index (χ3v) is 9.63. The number of fused-ring (bicyclic) bond motifs is 2. The van der Waals surface area contributed by atoms with Crippen molar-refractivity contribution in [3.8, 4) is 5.75 Å². The van der Waals surface area contributed by atoms with Crippen molar-refractivity contribution in [2.75, 3.05) is 19.4 Å². The maximum Gasteiger partial charge on any atom is 0.352 e. The van der Waals surface area contributed by atoms with Crippen molar-refractivity contribution in [2.45, 2.75) is 52.3 Å². The maximum atomic E-state index is 12.5.